The lowest BCUT2D eigenvalue weighted by molar-refractivity contribution is -0.149. The van der Waals surface area contributed by atoms with Crippen LogP contribution in [0.2, 0.25) is 0 Å². The van der Waals surface area contributed by atoms with Crippen LogP contribution in [0.5, 0.6) is 0 Å². The summed E-state index contributed by atoms with van der Waals surface area (Å²) in [6.07, 6.45) is 1.51. The molecule has 0 unspecified atom stereocenters. The maximum absolute atomic E-state index is 11.4. The molecule has 1 aliphatic heterocycles. The molecule has 0 atom stereocenters. The Kier molecular flexibility index (Phi) is 5.05. The Balaban J connectivity index is 2.29. The summed E-state index contributed by atoms with van der Waals surface area (Å²) >= 11 is 5.29. The molecular weight excluding hydrogens is 218 g/mol. The van der Waals surface area contributed by atoms with Gasteiger partial charge in [0.2, 0.25) is 5.24 Å². The number of hydrogen-bond donors (Lipinski definition) is 0. The number of rotatable bonds is 4. The van der Waals surface area contributed by atoms with Crippen molar-refractivity contribution in [2.24, 2.45) is 5.92 Å². The van der Waals surface area contributed by atoms with Gasteiger partial charge in [-0.15, -0.1) is 0 Å². The van der Waals surface area contributed by atoms with Gasteiger partial charge in [-0.05, 0) is 44.5 Å². The molecule has 1 aliphatic rings. The van der Waals surface area contributed by atoms with Gasteiger partial charge in [0, 0.05) is 0 Å². The Bertz CT molecular complexity index is 237. The largest absolute Gasteiger partial charge is 0.466 e. The van der Waals surface area contributed by atoms with Crippen molar-refractivity contribution in [3.8, 4) is 0 Å². The van der Waals surface area contributed by atoms with Crippen molar-refractivity contribution in [3.05, 3.63) is 0 Å². The first-order valence-corrected chi connectivity index (χ1v) is 5.58. The molecule has 0 aromatic carbocycles. The highest BCUT2D eigenvalue weighted by Crippen LogP contribution is 2.18. The zero-order valence-electron chi connectivity index (χ0n) is 8.87. The van der Waals surface area contributed by atoms with E-state index in [1.807, 2.05) is 4.90 Å². The summed E-state index contributed by atoms with van der Waals surface area (Å²) in [5.41, 5.74) is 0. The minimum absolute atomic E-state index is 0.00775. The molecule has 0 bridgehead atoms. The molecule has 0 amide bonds. The normalized spacial score (nSPS) is 18.8. The minimum Gasteiger partial charge on any atom is -0.466 e. The Morgan fingerprint density at radius 3 is 2.47 bits per heavy atom. The molecule has 4 nitrogen and oxygen atoms in total. The molecule has 15 heavy (non-hydrogen) atoms. The molecule has 0 aliphatic carbocycles. The number of carbonyl (C=O) groups excluding carboxylic acids is 2. The minimum atomic E-state index is -0.343. The molecule has 1 fully saturated rings. The summed E-state index contributed by atoms with van der Waals surface area (Å²) in [5, 5.41) is -0.343. The standard InChI is InChI=1S/C10H16ClNO3/c1-2-15-10(14)8-3-5-12(6-4-8)7-9(11)13/h8H,2-7H2,1H3. The average Bonchev–Trinajstić information content (AvgIpc) is 2.18. The first kappa shape index (κ1) is 12.5. The molecule has 0 aromatic rings. The van der Waals surface area contributed by atoms with E-state index in [0.29, 0.717) is 6.61 Å². The molecule has 5 heteroatoms. The van der Waals surface area contributed by atoms with E-state index in [2.05, 4.69) is 0 Å². The van der Waals surface area contributed by atoms with Crippen molar-refractivity contribution in [3.63, 3.8) is 0 Å². The van der Waals surface area contributed by atoms with Crippen LogP contribution in [0.1, 0.15) is 19.8 Å². The van der Waals surface area contributed by atoms with Crippen LogP contribution in [0, 0.1) is 5.92 Å². The monoisotopic (exact) mass is 233 g/mol. The van der Waals surface area contributed by atoms with Crippen molar-refractivity contribution in [2.75, 3.05) is 26.2 Å². The van der Waals surface area contributed by atoms with Crippen LogP contribution in [-0.4, -0.2) is 42.4 Å². The summed E-state index contributed by atoms with van der Waals surface area (Å²) in [7, 11) is 0. The van der Waals surface area contributed by atoms with Gasteiger partial charge in [0.1, 0.15) is 0 Å². The summed E-state index contributed by atoms with van der Waals surface area (Å²) in [5.74, 6) is -0.124. The van der Waals surface area contributed by atoms with Crippen LogP contribution >= 0.6 is 11.6 Å². The molecule has 86 valence electrons. The van der Waals surface area contributed by atoms with E-state index < -0.39 is 0 Å². The molecule has 0 spiro atoms. The van der Waals surface area contributed by atoms with Gasteiger partial charge in [-0.3, -0.25) is 14.5 Å². The Morgan fingerprint density at radius 1 is 1.40 bits per heavy atom. The van der Waals surface area contributed by atoms with Gasteiger partial charge < -0.3 is 4.74 Å². The number of hydrogen-bond acceptors (Lipinski definition) is 4. The zero-order valence-corrected chi connectivity index (χ0v) is 9.63. The lowest BCUT2D eigenvalue weighted by atomic mass is 9.97. The second-order valence-corrected chi connectivity index (χ2v) is 4.08. The maximum Gasteiger partial charge on any atom is 0.309 e. The SMILES string of the molecule is CCOC(=O)C1CCN(CC(=O)Cl)CC1. The Labute approximate surface area is 94.5 Å². The lowest BCUT2D eigenvalue weighted by Gasteiger charge is -2.29. The Morgan fingerprint density at radius 2 is 2.00 bits per heavy atom. The number of esters is 1. The van der Waals surface area contributed by atoms with Gasteiger partial charge in [-0.25, -0.2) is 0 Å². The first-order valence-electron chi connectivity index (χ1n) is 5.20. The highest BCUT2D eigenvalue weighted by molar-refractivity contribution is 6.64. The van der Waals surface area contributed by atoms with Crippen molar-refractivity contribution < 1.29 is 14.3 Å². The van der Waals surface area contributed by atoms with E-state index in [4.69, 9.17) is 16.3 Å². The van der Waals surface area contributed by atoms with Crippen molar-refractivity contribution >= 4 is 22.8 Å². The van der Waals surface area contributed by atoms with Crippen molar-refractivity contribution in [1.82, 2.24) is 4.90 Å². The number of likely N-dealkylation sites (tertiary alicyclic amines) is 1. The van der Waals surface area contributed by atoms with Crippen molar-refractivity contribution in [1.29, 1.82) is 0 Å². The van der Waals surface area contributed by atoms with E-state index >= 15 is 0 Å². The van der Waals surface area contributed by atoms with Gasteiger partial charge in [0.25, 0.3) is 0 Å². The third-order valence-electron chi connectivity index (χ3n) is 2.56. The van der Waals surface area contributed by atoms with Crippen LogP contribution in [-0.2, 0) is 14.3 Å². The number of carbonyl (C=O) groups is 2. The van der Waals surface area contributed by atoms with E-state index in [1.54, 1.807) is 6.92 Å². The molecule has 1 rings (SSSR count). The smallest absolute Gasteiger partial charge is 0.309 e. The summed E-state index contributed by atoms with van der Waals surface area (Å²) in [4.78, 5) is 24.0. The van der Waals surface area contributed by atoms with Crippen LogP contribution in [0.15, 0.2) is 0 Å². The fraction of sp³-hybridized carbons (Fsp3) is 0.800. The Hall–Kier alpha value is -0.610. The van der Waals surface area contributed by atoms with Gasteiger partial charge >= 0.3 is 5.97 Å². The summed E-state index contributed by atoms with van der Waals surface area (Å²) in [6, 6.07) is 0. The predicted molar refractivity (Wildman–Crippen MR) is 56.7 cm³/mol. The fourth-order valence-corrected chi connectivity index (χ4v) is 1.93. The average molecular weight is 234 g/mol. The molecule has 1 saturated heterocycles. The number of piperidine rings is 1. The van der Waals surface area contributed by atoms with E-state index in [-0.39, 0.29) is 23.7 Å². The molecule has 1 heterocycles. The second kappa shape index (κ2) is 6.08. The van der Waals surface area contributed by atoms with Crippen LogP contribution in [0.4, 0.5) is 0 Å². The van der Waals surface area contributed by atoms with E-state index in [9.17, 15) is 9.59 Å². The first-order chi connectivity index (χ1) is 7.13. The van der Waals surface area contributed by atoms with Crippen LogP contribution in [0.3, 0.4) is 0 Å². The maximum atomic E-state index is 11.4. The summed E-state index contributed by atoms with van der Waals surface area (Å²) < 4.78 is 4.95. The van der Waals surface area contributed by atoms with Crippen molar-refractivity contribution in [2.45, 2.75) is 19.8 Å². The summed E-state index contributed by atoms with van der Waals surface area (Å²) in [6.45, 7) is 3.99. The van der Waals surface area contributed by atoms with Gasteiger partial charge in [-0.1, -0.05) is 0 Å². The molecule has 0 saturated carbocycles. The lowest BCUT2D eigenvalue weighted by Crippen LogP contribution is -2.38. The molecule has 0 aromatic heterocycles. The third kappa shape index (κ3) is 4.18. The molecular formula is C10H16ClNO3. The number of nitrogens with zero attached hydrogens (tertiary/aromatic N) is 1. The fourth-order valence-electron chi connectivity index (χ4n) is 1.76. The number of halogens is 1. The molecule has 0 radical (unpaired) electrons. The quantitative estimate of drug-likeness (QED) is 0.538. The van der Waals surface area contributed by atoms with E-state index in [0.717, 1.165) is 25.9 Å². The predicted octanol–water partition coefficient (Wildman–Crippen LogP) is 1.03. The zero-order chi connectivity index (χ0) is 11.3. The van der Waals surface area contributed by atoms with Gasteiger partial charge in [0.15, 0.2) is 0 Å². The van der Waals surface area contributed by atoms with E-state index in [1.165, 1.54) is 0 Å². The molecule has 0 N–H and O–H groups in total. The van der Waals surface area contributed by atoms with Crippen LogP contribution < -0.4 is 0 Å². The van der Waals surface area contributed by atoms with Crippen LogP contribution in [0.25, 0.3) is 0 Å². The number of ether oxygens (including phenoxy) is 1. The third-order valence-corrected chi connectivity index (χ3v) is 2.67. The van der Waals surface area contributed by atoms with Gasteiger partial charge in [0.05, 0.1) is 19.1 Å². The van der Waals surface area contributed by atoms with Gasteiger partial charge in [-0.2, -0.15) is 0 Å². The topological polar surface area (TPSA) is 46.6 Å². The highest BCUT2D eigenvalue weighted by atomic mass is 35.5. The second-order valence-electron chi connectivity index (χ2n) is 3.66. The highest BCUT2D eigenvalue weighted by Gasteiger charge is 2.26.